The Kier molecular flexibility index (Phi) is 2.57. The minimum atomic E-state index is 0.451. The molecule has 4 aliphatic carbocycles. The molecule has 4 saturated carbocycles. The summed E-state index contributed by atoms with van der Waals surface area (Å²) in [5.41, 5.74) is 6.85. The van der Waals surface area contributed by atoms with Gasteiger partial charge in [-0.3, -0.25) is 0 Å². The third-order valence-electron chi connectivity index (χ3n) is 6.17. The number of hydrogen-bond donors (Lipinski definition) is 1. The predicted molar refractivity (Wildman–Crippen MR) is 78.0 cm³/mol. The first-order valence-electron chi connectivity index (χ1n) is 7.68. The van der Waals surface area contributed by atoms with E-state index in [4.69, 9.17) is 11.6 Å². The van der Waals surface area contributed by atoms with E-state index in [0.717, 1.165) is 23.4 Å². The molecule has 1 aromatic rings. The van der Waals surface area contributed by atoms with E-state index in [-0.39, 0.29) is 0 Å². The second-order valence-electron chi connectivity index (χ2n) is 7.50. The highest BCUT2D eigenvalue weighted by Gasteiger charge is 2.58. The van der Waals surface area contributed by atoms with Crippen molar-refractivity contribution < 1.29 is 5.73 Å². The van der Waals surface area contributed by atoms with E-state index < -0.39 is 0 Å². The van der Waals surface area contributed by atoms with Crippen LogP contribution in [0.3, 0.4) is 0 Å². The molecule has 2 heteroatoms. The molecule has 0 radical (unpaired) electrons. The van der Waals surface area contributed by atoms with Crippen LogP contribution in [0.4, 0.5) is 0 Å². The maximum atomic E-state index is 6.06. The summed E-state index contributed by atoms with van der Waals surface area (Å²) in [5, 5.41) is 0.861. The summed E-state index contributed by atoms with van der Waals surface area (Å²) < 4.78 is 0. The molecule has 0 aliphatic heterocycles. The van der Waals surface area contributed by atoms with Crippen molar-refractivity contribution in [1.29, 1.82) is 0 Å². The first-order valence-corrected chi connectivity index (χ1v) is 8.06. The van der Waals surface area contributed by atoms with Crippen LogP contribution in [-0.2, 0) is 5.41 Å². The first-order chi connectivity index (χ1) is 9.13. The Balaban J connectivity index is 1.76. The Hall–Kier alpha value is -0.530. The molecule has 1 nitrogen and oxygen atoms in total. The van der Waals surface area contributed by atoms with Crippen LogP contribution in [0.15, 0.2) is 24.3 Å². The molecule has 1 aromatic carbocycles. The molecule has 0 aromatic heterocycles. The zero-order valence-corrected chi connectivity index (χ0v) is 12.3. The fraction of sp³-hybridized carbons (Fsp3) is 0.647. The lowest BCUT2D eigenvalue weighted by Crippen LogP contribution is -2.65. The summed E-state index contributed by atoms with van der Waals surface area (Å²) in [6.07, 6.45) is 8.57. The summed E-state index contributed by atoms with van der Waals surface area (Å²) in [5.74, 6) is 1.91. The molecule has 102 valence electrons. The van der Waals surface area contributed by atoms with E-state index in [9.17, 15) is 0 Å². The Morgan fingerprint density at radius 1 is 1.05 bits per heavy atom. The smallest absolute Gasteiger partial charge is 0.0797 e. The maximum Gasteiger partial charge on any atom is 0.0797 e. The third kappa shape index (κ3) is 1.78. The summed E-state index contributed by atoms with van der Waals surface area (Å²) in [7, 11) is 0. The fourth-order valence-corrected chi connectivity index (χ4v) is 6.01. The van der Waals surface area contributed by atoms with Crippen molar-refractivity contribution in [3.05, 3.63) is 34.9 Å². The molecule has 0 spiro atoms. The van der Waals surface area contributed by atoms with Gasteiger partial charge in [0.1, 0.15) is 0 Å². The molecule has 2 unspecified atom stereocenters. The summed E-state index contributed by atoms with van der Waals surface area (Å²) in [6.45, 7) is 1.13. The van der Waals surface area contributed by atoms with E-state index >= 15 is 0 Å². The minimum Gasteiger partial charge on any atom is -0.357 e. The molecule has 0 heterocycles. The first kappa shape index (κ1) is 12.2. The van der Waals surface area contributed by atoms with E-state index in [2.05, 4.69) is 30.0 Å². The lowest BCUT2D eigenvalue weighted by Gasteiger charge is -2.61. The average molecular weight is 277 g/mol. The van der Waals surface area contributed by atoms with Crippen LogP contribution in [0.25, 0.3) is 0 Å². The molecule has 0 amide bonds. The van der Waals surface area contributed by atoms with E-state index in [1.807, 2.05) is 0 Å². The molecule has 4 aliphatic rings. The molecule has 19 heavy (non-hydrogen) atoms. The van der Waals surface area contributed by atoms with Crippen LogP contribution in [0.2, 0.25) is 5.02 Å². The van der Waals surface area contributed by atoms with Gasteiger partial charge < -0.3 is 5.73 Å². The molecular formula is C17H23ClN+. The van der Waals surface area contributed by atoms with Crippen LogP contribution >= 0.6 is 11.6 Å². The minimum absolute atomic E-state index is 0.451. The number of benzene rings is 1. The van der Waals surface area contributed by atoms with Crippen molar-refractivity contribution >= 4 is 11.6 Å². The summed E-state index contributed by atoms with van der Waals surface area (Å²) >= 11 is 6.06. The lowest BCUT2D eigenvalue weighted by atomic mass is 9.43. The van der Waals surface area contributed by atoms with E-state index in [1.54, 1.807) is 5.56 Å². The molecular weight excluding hydrogens is 254 g/mol. The van der Waals surface area contributed by atoms with Gasteiger partial charge in [-0.2, -0.15) is 0 Å². The van der Waals surface area contributed by atoms with Gasteiger partial charge in [0, 0.05) is 10.4 Å². The Labute approximate surface area is 120 Å². The van der Waals surface area contributed by atoms with Crippen molar-refractivity contribution in [2.24, 2.45) is 17.3 Å². The van der Waals surface area contributed by atoms with Crippen molar-refractivity contribution in [3.8, 4) is 0 Å². The highest BCUT2D eigenvalue weighted by atomic mass is 35.5. The van der Waals surface area contributed by atoms with Crippen LogP contribution < -0.4 is 5.73 Å². The number of rotatable bonds is 2. The lowest BCUT2D eigenvalue weighted by molar-refractivity contribution is -0.403. The Bertz CT molecular complexity index is 478. The molecule has 4 atom stereocenters. The Morgan fingerprint density at radius 2 is 1.68 bits per heavy atom. The summed E-state index contributed by atoms with van der Waals surface area (Å²) in [4.78, 5) is 0. The maximum absolute atomic E-state index is 6.06. The highest BCUT2D eigenvalue weighted by Crippen LogP contribution is 2.65. The molecule has 5 rings (SSSR count). The van der Waals surface area contributed by atoms with Crippen molar-refractivity contribution in [1.82, 2.24) is 0 Å². The van der Waals surface area contributed by atoms with Gasteiger partial charge in [0.2, 0.25) is 0 Å². The van der Waals surface area contributed by atoms with E-state index in [0.29, 0.717) is 10.8 Å². The van der Waals surface area contributed by atoms with Crippen LogP contribution in [0.1, 0.15) is 44.1 Å². The Morgan fingerprint density at radius 3 is 2.26 bits per heavy atom. The predicted octanol–water partition coefficient (Wildman–Crippen LogP) is 3.42. The largest absolute Gasteiger partial charge is 0.357 e. The second-order valence-corrected chi connectivity index (χ2v) is 7.93. The number of quaternary nitrogens is 1. The van der Waals surface area contributed by atoms with Crippen LogP contribution in [-0.4, -0.2) is 6.54 Å². The van der Waals surface area contributed by atoms with Crippen molar-refractivity contribution in [3.63, 3.8) is 0 Å². The van der Waals surface area contributed by atoms with Crippen molar-refractivity contribution in [2.45, 2.75) is 43.9 Å². The average Bonchev–Trinajstić information content (AvgIpc) is 2.38. The van der Waals surface area contributed by atoms with Gasteiger partial charge in [-0.1, -0.05) is 23.7 Å². The van der Waals surface area contributed by atoms with Crippen molar-refractivity contribution in [2.75, 3.05) is 6.54 Å². The van der Waals surface area contributed by atoms with Gasteiger partial charge >= 0.3 is 0 Å². The monoisotopic (exact) mass is 276 g/mol. The number of hydrogen-bond acceptors (Lipinski definition) is 0. The summed E-state index contributed by atoms with van der Waals surface area (Å²) in [6, 6.07) is 8.72. The quantitative estimate of drug-likeness (QED) is 0.857. The molecule has 0 saturated heterocycles. The van der Waals surface area contributed by atoms with Gasteiger partial charge in [-0.15, -0.1) is 0 Å². The van der Waals surface area contributed by atoms with Gasteiger partial charge in [0.15, 0.2) is 0 Å². The molecule has 4 bridgehead atoms. The second kappa shape index (κ2) is 3.99. The fourth-order valence-electron chi connectivity index (χ4n) is 5.89. The van der Waals surface area contributed by atoms with E-state index in [1.165, 1.54) is 38.5 Å². The van der Waals surface area contributed by atoms with Gasteiger partial charge in [-0.05, 0) is 73.5 Å². The standard InChI is InChI=1S/C17H22ClN/c18-15-3-1-14(2-4-15)17-8-12-5-13(9-17)7-16(6-12,10-17)11-19/h1-4,12-13H,5-11,19H2/p+1/t12-,13+,16?,17?. The normalized spacial score (nSPS) is 43.7. The van der Waals surface area contributed by atoms with Crippen LogP contribution in [0, 0.1) is 17.3 Å². The topological polar surface area (TPSA) is 27.6 Å². The van der Waals surface area contributed by atoms with Gasteiger partial charge in [0.25, 0.3) is 0 Å². The van der Waals surface area contributed by atoms with Gasteiger partial charge in [0.05, 0.1) is 6.54 Å². The zero-order chi connectivity index (χ0) is 13.1. The zero-order valence-electron chi connectivity index (χ0n) is 11.5. The third-order valence-corrected chi connectivity index (χ3v) is 6.42. The molecule has 4 fully saturated rings. The van der Waals surface area contributed by atoms with Gasteiger partial charge in [-0.25, -0.2) is 0 Å². The molecule has 3 N–H and O–H groups in total. The number of halogens is 1. The highest BCUT2D eigenvalue weighted by molar-refractivity contribution is 6.30. The SMILES string of the molecule is [NH3+]CC12C[C@H]3C[C@@H](C1)CC(c1ccc(Cl)cc1)(C3)C2. The van der Waals surface area contributed by atoms with Crippen LogP contribution in [0.5, 0.6) is 0 Å².